The number of non-ortho nitro benzene ring substituents is 1. The summed E-state index contributed by atoms with van der Waals surface area (Å²) in [6.07, 6.45) is 1.39. The topological polar surface area (TPSA) is 128 Å². The van der Waals surface area contributed by atoms with E-state index in [0.29, 0.717) is 29.2 Å². The number of ether oxygens (including phenoxy) is 2. The van der Waals surface area contributed by atoms with E-state index in [9.17, 15) is 24.5 Å². The maximum absolute atomic E-state index is 13.2. The number of carbonyl (C=O) groups is 3. The molecule has 0 atom stereocenters. The normalized spacial score (nSPS) is 14.1. The Morgan fingerprint density at radius 3 is 2.07 bits per heavy atom. The molecule has 1 fully saturated rings. The standard InChI is InChI=1S/C31H22BrN3O7/c32-23-8-4-21(5-9-23)18-41-27-14-10-24(11-15-27)34-30(37)28(29(36)33-31(34)38)17-20-6-12-26(13-7-20)42-19-22-2-1-3-25(16-22)35(39)40/h1-17H,18-19H2,(H,33,36,38)/b28-17+. The number of urea groups is 1. The van der Waals surface area contributed by atoms with Crippen LogP contribution in [0.4, 0.5) is 16.2 Å². The van der Waals surface area contributed by atoms with Gasteiger partial charge in [0.1, 0.15) is 30.3 Å². The summed E-state index contributed by atoms with van der Waals surface area (Å²) in [6.45, 7) is 0.462. The molecule has 1 aliphatic rings. The molecule has 0 unspecified atom stereocenters. The Balaban J connectivity index is 1.25. The predicted molar refractivity (Wildman–Crippen MR) is 158 cm³/mol. The van der Waals surface area contributed by atoms with Gasteiger partial charge in [0, 0.05) is 16.6 Å². The van der Waals surface area contributed by atoms with Crippen LogP contribution in [0.25, 0.3) is 6.08 Å². The molecule has 1 heterocycles. The molecule has 0 bridgehead atoms. The van der Waals surface area contributed by atoms with Crippen molar-refractivity contribution in [3.05, 3.63) is 134 Å². The molecule has 1 N–H and O–H groups in total. The van der Waals surface area contributed by atoms with Gasteiger partial charge in [-0.25, -0.2) is 9.69 Å². The number of rotatable bonds is 9. The van der Waals surface area contributed by atoms with Gasteiger partial charge in [0.25, 0.3) is 17.5 Å². The fourth-order valence-electron chi connectivity index (χ4n) is 4.08. The lowest BCUT2D eigenvalue weighted by Crippen LogP contribution is -2.54. The second-order valence-corrected chi connectivity index (χ2v) is 10.1. The fraction of sp³-hybridized carbons (Fsp3) is 0.0645. The highest BCUT2D eigenvalue weighted by Gasteiger charge is 2.36. The molecule has 5 rings (SSSR count). The second-order valence-electron chi connectivity index (χ2n) is 9.15. The third-order valence-corrected chi connectivity index (χ3v) is 6.76. The number of barbiturate groups is 1. The van der Waals surface area contributed by atoms with E-state index in [1.54, 1.807) is 60.7 Å². The Labute approximate surface area is 248 Å². The highest BCUT2D eigenvalue weighted by molar-refractivity contribution is 9.10. The highest BCUT2D eigenvalue weighted by Crippen LogP contribution is 2.26. The number of benzene rings is 4. The summed E-state index contributed by atoms with van der Waals surface area (Å²) in [5.41, 5.74) is 2.17. The first kappa shape index (κ1) is 28.2. The van der Waals surface area contributed by atoms with E-state index in [2.05, 4.69) is 21.2 Å². The second kappa shape index (κ2) is 12.5. The number of anilines is 1. The summed E-state index contributed by atoms with van der Waals surface area (Å²) < 4.78 is 12.5. The SMILES string of the molecule is O=C1NC(=O)N(c2ccc(OCc3ccc(Br)cc3)cc2)C(=O)/C1=C/c1ccc(OCc2cccc([N+](=O)[O-])c2)cc1. The Hall–Kier alpha value is -5.29. The maximum atomic E-state index is 13.2. The summed E-state index contributed by atoms with van der Waals surface area (Å²) in [4.78, 5) is 49.8. The van der Waals surface area contributed by atoms with Crippen molar-refractivity contribution >= 4 is 51.2 Å². The number of nitro groups is 1. The number of carbonyl (C=O) groups excluding carboxylic acids is 3. The Kier molecular flexibility index (Phi) is 8.39. The lowest BCUT2D eigenvalue weighted by Gasteiger charge is -2.26. The third kappa shape index (κ3) is 6.70. The van der Waals surface area contributed by atoms with Gasteiger partial charge in [-0.2, -0.15) is 0 Å². The fourth-order valence-corrected chi connectivity index (χ4v) is 4.35. The zero-order valence-electron chi connectivity index (χ0n) is 21.9. The summed E-state index contributed by atoms with van der Waals surface area (Å²) in [7, 11) is 0. The molecule has 10 nitrogen and oxygen atoms in total. The Morgan fingerprint density at radius 2 is 1.43 bits per heavy atom. The third-order valence-electron chi connectivity index (χ3n) is 6.23. The quantitative estimate of drug-likeness (QED) is 0.101. The van der Waals surface area contributed by atoms with E-state index < -0.39 is 22.8 Å². The van der Waals surface area contributed by atoms with Crippen molar-refractivity contribution in [1.29, 1.82) is 0 Å². The van der Waals surface area contributed by atoms with E-state index in [4.69, 9.17) is 9.47 Å². The highest BCUT2D eigenvalue weighted by atomic mass is 79.9. The molecule has 0 aliphatic carbocycles. The number of nitro benzene ring substituents is 1. The zero-order valence-corrected chi connectivity index (χ0v) is 23.4. The van der Waals surface area contributed by atoms with Crippen LogP contribution in [0.15, 0.2) is 107 Å². The van der Waals surface area contributed by atoms with E-state index in [0.717, 1.165) is 14.9 Å². The van der Waals surface area contributed by atoms with Crippen molar-refractivity contribution in [2.45, 2.75) is 13.2 Å². The van der Waals surface area contributed by atoms with Crippen LogP contribution in [0.2, 0.25) is 0 Å². The molecule has 11 heteroatoms. The van der Waals surface area contributed by atoms with Crippen molar-refractivity contribution < 1.29 is 28.8 Å². The van der Waals surface area contributed by atoms with Gasteiger partial charge in [-0.15, -0.1) is 0 Å². The average Bonchev–Trinajstić information content (AvgIpc) is 2.99. The Bertz CT molecular complexity index is 1690. The first-order valence-corrected chi connectivity index (χ1v) is 13.4. The molecule has 1 aliphatic heterocycles. The lowest BCUT2D eigenvalue weighted by atomic mass is 10.1. The Morgan fingerprint density at radius 1 is 0.810 bits per heavy atom. The van der Waals surface area contributed by atoms with Gasteiger partial charge < -0.3 is 9.47 Å². The first-order valence-electron chi connectivity index (χ1n) is 12.6. The van der Waals surface area contributed by atoms with Crippen LogP contribution in [0, 0.1) is 10.1 Å². The van der Waals surface area contributed by atoms with Gasteiger partial charge in [-0.3, -0.25) is 25.0 Å². The van der Waals surface area contributed by atoms with Crippen molar-refractivity contribution in [2.75, 3.05) is 4.90 Å². The smallest absolute Gasteiger partial charge is 0.335 e. The van der Waals surface area contributed by atoms with Gasteiger partial charge in [0.05, 0.1) is 10.6 Å². The van der Waals surface area contributed by atoms with E-state index in [1.807, 2.05) is 24.3 Å². The van der Waals surface area contributed by atoms with Crippen LogP contribution in [0.5, 0.6) is 11.5 Å². The number of nitrogens with zero attached hydrogens (tertiary/aromatic N) is 2. The number of halogens is 1. The van der Waals surface area contributed by atoms with Crippen molar-refractivity contribution in [3.8, 4) is 11.5 Å². The van der Waals surface area contributed by atoms with Gasteiger partial charge in [0.15, 0.2) is 0 Å². The molecule has 0 spiro atoms. The summed E-state index contributed by atoms with van der Waals surface area (Å²) >= 11 is 3.39. The summed E-state index contributed by atoms with van der Waals surface area (Å²) in [5.74, 6) is -0.534. The number of amides is 4. The van der Waals surface area contributed by atoms with Gasteiger partial charge in [0.2, 0.25) is 0 Å². The largest absolute Gasteiger partial charge is 0.489 e. The zero-order chi connectivity index (χ0) is 29.6. The summed E-state index contributed by atoms with van der Waals surface area (Å²) in [6, 6.07) is 26.0. The van der Waals surface area contributed by atoms with Crippen LogP contribution in [-0.2, 0) is 22.8 Å². The van der Waals surface area contributed by atoms with Crippen LogP contribution in [0.1, 0.15) is 16.7 Å². The molecule has 0 radical (unpaired) electrons. The van der Waals surface area contributed by atoms with Crippen LogP contribution in [0.3, 0.4) is 0 Å². The van der Waals surface area contributed by atoms with Crippen molar-refractivity contribution in [3.63, 3.8) is 0 Å². The number of hydrogen-bond acceptors (Lipinski definition) is 7. The maximum Gasteiger partial charge on any atom is 0.335 e. The van der Waals surface area contributed by atoms with Crippen LogP contribution < -0.4 is 19.7 Å². The molecule has 0 aromatic heterocycles. The molecule has 1 saturated heterocycles. The molecule has 0 saturated carbocycles. The van der Waals surface area contributed by atoms with E-state index in [1.165, 1.54) is 18.2 Å². The van der Waals surface area contributed by atoms with Crippen molar-refractivity contribution in [1.82, 2.24) is 5.32 Å². The molecule has 4 aromatic carbocycles. The number of hydrogen-bond donors (Lipinski definition) is 1. The molecule has 42 heavy (non-hydrogen) atoms. The molecule has 210 valence electrons. The lowest BCUT2D eigenvalue weighted by molar-refractivity contribution is -0.384. The van der Waals surface area contributed by atoms with E-state index in [-0.39, 0.29) is 23.6 Å². The van der Waals surface area contributed by atoms with Gasteiger partial charge in [-0.1, -0.05) is 52.3 Å². The number of nitrogens with one attached hydrogen (secondary N) is 1. The average molecular weight is 628 g/mol. The van der Waals surface area contributed by atoms with Crippen molar-refractivity contribution in [2.24, 2.45) is 0 Å². The van der Waals surface area contributed by atoms with Gasteiger partial charge >= 0.3 is 6.03 Å². The monoisotopic (exact) mass is 627 g/mol. The molecular formula is C31H22BrN3O7. The number of imide groups is 2. The van der Waals surface area contributed by atoms with E-state index >= 15 is 0 Å². The van der Waals surface area contributed by atoms with Crippen LogP contribution >= 0.6 is 15.9 Å². The van der Waals surface area contributed by atoms with Crippen LogP contribution in [-0.4, -0.2) is 22.8 Å². The predicted octanol–water partition coefficient (Wildman–Crippen LogP) is 6.18. The summed E-state index contributed by atoms with van der Waals surface area (Å²) in [5, 5.41) is 13.2. The molecule has 4 aromatic rings. The minimum absolute atomic E-state index is 0.0259. The van der Waals surface area contributed by atoms with Gasteiger partial charge in [-0.05, 0) is 71.3 Å². The first-order chi connectivity index (χ1) is 20.3. The minimum Gasteiger partial charge on any atom is -0.489 e. The minimum atomic E-state index is -0.851. The molecular weight excluding hydrogens is 606 g/mol. The molecule has 4 amide bonds.